The van der Waals surface area contributed by atoms with E-state index in [4.69, 9.17) is 0 Å². The van der Waals surface area contributed by atoms with E-state index in [1.54, 1.807) is 0 Å². The number of aromatic nitrogens is 1. The molecule has 0 radical (unpaired) electrons. The number of hydrogen-bond donors (Lipinski definition) is 1. The van der Waals surface area contributed by atoms with Crippen LogP contribution in [0.1, 0.15) is 19.0 Å². The topological polar surface area (TPSA) is 28.2 Å². The van der Waals surface area contributed by atoms with Crippen LogP contribution >= 0.6 is 0 Å². The monoisotopic (exact) mass is 205 g/mol. The van der Waals surface area contributed by atoms with Gasteiger partial charge in [-0.2, -0.15) is 0 Å². The average Bonchev–Trinajstić information content (AvgIpc) is 2.30. The molecule has 1 fully saturated rings. The standard InChI is InChI=1S/C12H19N3/c1-3-11-8-13-6-7-15(11)12-5-4-10(2)14-9-12/h4-5,9,11,13H,3,6-8H2,1-2H3. The summed E-state index contributed by atoms with van der Waals surface area (Å²) < 4.78 is 0. The van der Waals surface area contributed by atoms with Crippen LogP contribution in [-0.2, 0) is 0 Å². The maximum Gasteiger partial charge on any atom is 0.0556 e. The highest BCUT2D eigenvalue weighted by atomic mass is 15.2. The number of anilines is 1. The van der Waals surface area contributed by atoms with Crippen LogP contribution in [0, 0.1) is 6.92 Å². The first-order chi connectivity index (χ1) is 7.31. The van der Waals surface area contributed by atoms with Gasteiger partial charge < -0.3 is 10.2 Å². The highest BCUT2D eigenvalue weighted by molar-refractivity contribution is 5.46. The number of piperazine rings is 1. The van der Waals surface area contributed by atoms with Crippen LogP contribution in [0.4, 0.5) is 5.69 Å². The molecule has 1 aliphatic heterocycles. The van der Waals surface area contributed by atoms with Crippen molar-refractivity contribution in [2.75, 3.05) is 24.5 Å². The second-order valence-corrected chi connectivity index (χ2v) is 4.12. The lowest BCUT2D eigenvalue weighted by molar-refractivity contribution is 0.466. The molecule has 82 valence electrons. The Kier molecular flexibility index (Phi) is 3.21. The highest BCUT2D eigenvalue weighted by Gasteiger charge is 2.20. The summed E-state index contributed by atoms with van der Waals surface area (Å²) in [5.41, 5.74) is 2.34. The smallest absolute Gasteiger partial charge is 0.0556 e. The maximum absolute atomic E-state index is 4.36. The Labute approximate surface area is 91.5 Å². The van der Waals surface area contributed by atoms with E-state index in [2.05, 4.69) is 34.3 Å². The number of rotatable bonds is 2. The van der Waals surface area contributed by atoms with Crippen LogP contribution in [0.2, 0.25) is 0 Å². The second-order valence-electron chi connectivity index (χ2n) is 4.12. The summed E-state index contributed by atoms with van der Waals surface area (Å²) in [5.74, 6) is 0. The Morgan fingerprint density at radius 2 is 2.40 bits per heavy atom. The SMILES string of the molecule is CCC1CNCCN1c1ccc(C)nc1. The molecule has 2 rings (SSSR count). The Morgan fingerprint density at radius 1 is 1.53 bits per heavy atom. The first-order valence-corrected chi connectivity index (χ1v) is 5.71. The van der Waals surface area contributed by atoms with Crippen molar-refractivity contribution < 1.29 is 0 Å². The number of nitrogens with one attached hydrogen (secondary N) is 1. The van der Waals surface area contributed by atoms with Crippen molar-refractivity contribution in [1.29, 1.82) is 0 Å². The number of aryl methyl sites for hydroxylation is 1. The summed E-state index contributed by atoms with van der Waals surface area (Å²) in [6.07, 6.45) is 3.17. The zero-order valence-electron chi connectivity index (χ0n) is 9.53. The minimum absolute atomic E-state index is 0.614. The second kappa shape index (κ2) is 4.62. The highest BCUT2D eigenvalue weighted by Crippen LogP contribution is 2.18. The molecule has 1 N–H and O–H groups in total. The zero-order valence-corrected chi connectivity index (χ0v) is 9.53. The van der Waals surface area contributed by atoms with Gasteiger partial charge in [-0.3, -0.25) is 4.98 Å². The molecule has 0 saturated carbocycles. The molecule has 1 unspecified atom stereocenters. The largest absolute Gasteiger partial charge is 0.365 e. The summed E-state index contributed by atoms with van der Waals surface area (Å²) in [6.45, 7) is 7.52. The first kappa shape index (κ1) is 10.4. The molecule has 3 heteroatoms. The summed E-state index contributed by atoms with van der Waals surface area (Å²) in [5, 5.41) is 3.43. The minimum Gasteiger partial charge on any atom is -0.365 e. The number of hydrogen-bond acceptors (Lipinski definition) is 3. The van der Waals surface area contributed by atoms with Gasteiger partial charge in [0.2, 0.25) is 0 Å². The van der Waals surface area contributed by atoms with Crippen molar-refractivity contribution in [1.82, 2.24) is 10.3 Å². The fourth-order valence-electron chi connectivity index (χ4n) is 2.10. The quantitative estimate of drug-likeness (QED) is 0.794. The third-order valence-electron chi connectivity index (χ3n) is 3.05. The molecule has 1 atom stereocenters. The van der Waals surface area contributed by atoms with Crippen molar-refractivity contribution in [2.24, 2.45) is 0 Å². The normalized spacial score (nSPS) is 21.7. The fourth-order valence-corrected chi connectivity index (χ4v) is 2.10. The summed E-state index contributed by atoms with van der Waals surface area (Å²) in [4.78, 5) is 6.82. The maximum atomic E-state index is 4.36. The van der Waals surface area contributed by atoms with Gasteiger partial charge in [-0.05, 0) is 25.5 Å². The Morgan fingerprint density at radius 3 is 3.07 bits per heavy atom. The van der Waals surface area contributed by atoms with Gasteiger partial charge in [-0.15, -0.1) is 0 Å². The number of pyridine rings is 1. The Hall–Kier alpha value is -1.09. The predicted molar refractivity (Wildman–Crippen MR) is 63.3 cm³/mol. The van der Waals surface area contributed by atoms with Gasteiger partial charge in [-0.25, -0.2) is 0 Å². The van der Waals surface area contributed by atoms with Crippen LogP contribution in [0.5, 0.6) is 0 Å². The minimum atomic E-state index is 0.614. The van der Waals surface area contributed by atoms with Crippen molar-refractivity contribution in [2.45, 2.75) is 26.3 Å². The van der Waals surface area contributed by atoms with Crippen LogP contribution in [-0.4, -0.2) is 30.7 Å². The average molecular weight is 205 g/mol. The first-order valence-electron chi connectivity index (χ1n) is 5.71. The van der Waals surface area contributed by atoms with Gasteiger partial charge in [0.1, 0.15) is 0 Å². The van der Waals surface area contributed by atoms with Gasteiger partial charge in [0, 0.05) is 31.4 Å². The molecular weight excluding hydrogens is 186 g/mol. The number of nitrogens with zero attached hydrogens (tertiary/aromatic N) is 2. The molecule has 15 heavy (non-hydrogen) atoms. The van der Waals surface area contributed by atoms with E-state index in [1.165, 1.54) is 12.1 Å². The molecule has 1 saturated heterocycles. The van der Waals surface area contributed by atoms with Crippen molar-refractivity contribution in [3.8, 4) is 0 Å². The molecule has 0 amide bonds. The third kappa shape index (κ3) is 2.29. The Balaban J connectivity index is 2.16. The molecule has 0 spiro atoms. The lowest BCUT2D eigenvalue weighted by atomic mass is 10.1. The predicted octanol–water partition coefficient (Wildman–Crippen LogP) is 1.58. The van der Waals surface area contributed by atoms with Gasteiger partial charge in [0.15, 0.2) is 0 Å². The lowest BCUT2D eigenvalue weighted by Crippen LogP contribution is -2.51. The van der Waals surface area contributed by atoms with Crippen LogP contribution in [0.3, 0.4) is 0 Å². The molecule has 1 aromatic heterocycles. The van der Waals surface area contributed by atoms with E-state index >= 15 is 0 Å². The van der Waals surface area contributed by atoms with Gasteiger partial charge in [-0.1, -0.05) is 6.92 Å². The fraction of sp³-hybridized carbons (Fsp3) is 0.583. The molecule has 1 aliphatic rings. The van der Waals surface area contributed by atoms with Gasteiger partial charge in [0.25, 0.3) is 0 Å². The van der Waals surface area contributed by atoms with Crippen molar-refractivity contribution in [3.05, 3.63) is 24.0 Å². The van der Waals surface area contributed by atoms with E-state index in [1.807, 2.05) is 13.1 Å². The summed E-state index contributed by atoms with van der Waals surface area (Å²) in [7, 11) is 0. The van der Waals surface area contributed by atoms with Crippen molar-refractivity contribution in [3.63, 3.8) is 0 Å². The van der Waals surface area contributed by atoms with Crippen LogP contribution in [0.25, 0.3) is 0 Å². The van der Waals surface area contributed by atoms with E-state index in [0.717, 1.165) is 25.3 Å². The summed E-state index contributed by atoms with van der Waals surface area (Å²) in [6, 6.07) is 4.88. The van der Waals surface area contributed by atoms with Gasteiger partial charge in [0.05, 0.1) is 11.9 Å². The molecule has 0 bridgehead atoms. The lowest BCUT2D eigenvalue weighted by Gasteiger charge is -2.37. The van der Waals surface area contributed by atoms with Crippen LogP contribution in [0.15, 0.2) is 18.3 Å². The zero-order chi connectivity index (χ0) is 10.7. The molecular formula is C12H19N3. The van der Waals surface area contributed by atoms with E-state index in [0.29, 0.717) is 6.04 Å². The molecule has 1 aromatic rings. The summed E-state index contributed by atoms with van der Waals surface area (Å²) >= 11 is 0. The molecule has 2 heterocycles. The molecule has 0 aliphatic carbocycles. The third-order valence-corrected chi connectivity index (χ3v) is 3.05. The van der Waals surface area contributed by atoms with E-state index < -0.39 is 0 Å². The molecule has 3 nitrogen and oxygen atoms in total. The molecule has 0 aromatic carbocycles. The van der Waals surface area contributed by atoms with Gasteiger partial charge >= 0.3 is 0 Å². The van der Waals surface area contributed by atoms with E-state index in [-0.39, 0.29) is 0 Å². The Bertz CT molecular complexity index is 307. The van der Waals surface area contributed by atoms with E-state index in [9.17, 15) is 0 Å². The van der Waals surface area contributed by atoms with Crippen molar-refractivity contribution >= 4 is 5.69 Å². The van der Waals surface area contributed by atoms with Crippen LogP contribution < -0.4 is 10.2 Å².